The maximum atomic E-state index is 10.8. The van der Waals surface area contributed by atoms with Gasteiger partial charge in [0.15, 0.2) is 0 Å². The molecule has 0 spiro atoms. The molecule has 1 saturated heterocycles. The lowest BCUT2D eigenvalue weighted by molar-refractivity contribution is -0.124. The molecule has 48 valence electrons. The Kier molecular flexibility index (Phi) is 1.17. The average Bonchev–Trinajstić information content (AvgIpc) is 2.15. The molecule has 3 heteroatoms. The van der Waals surface area contributed by atoms with Crippen LogP contribution in [0.2, 0.25) is 0 Å². The quantitative estimate of drug-likeness (QED) is 0.495. The van der Waals surface area contributed by atoms with Gasteiger partial charge in [-0.2, -0.15) is 5.26 Å². The van der Waals surface area contributed by atoms with Crippen molar-refractivity contribution in [2.24, 2.45) is 5.41 Å². The second-order valence-electron chi connectivity index (χ2n) is 2.45. The van der Waals surface area contributed by atoms with E-state index in [-0.39, 0.29) is 5.91 Å². The molecule has 1 aliphatic heterocycles. The van der Waals surface area contributed by atoms with Crippen LogP contribution < -0.4 is 5.32 Å². The van der Waals surface area contributed by atoms with E-state index in [4.69, 9.17) is 5.26 Å². The fraction of sp³-hybridized carbons (Fsp3) is 0.667. The van der Waals surface area contributed by atoms with Crippen LogP contribution in [0.1, 0.15) is 13.3 Å². The molecule has 1 amide bonds. The molecule has 0 aromatic heterocycles. The lowest BCUT2D eigenvalue weighted by Crippen LogP contribution is -2.26. The third kappa shape index (κ3) is 0.765. The first kappa shape index (κ1) is 6.09. The van der Waals surface area contributed by atoms with E-state index in [1.807, 2.05) is 6.07 Å². The summed E-state index contributed by atoms with van der Waals surface area (Å²) in [6.07, 6.45) is 0.641. The van der Waals surface area contributed by atoms with Crippen LogP contribution in [-0.4, -0.2) is 12.5 Å². The van der Waals surface area contributed by atoms with E-state index in [9.17, 15) is 4.79 Å². The molecule has 1 rings (SSSR count). The molecule has 0 aromatic carbocycles. The molecule has 0 saturated carbocycles. The van der Waals surface area contributed by atoms with Gasteiger partial charge in [-0.15, -0.1) is 0 Å². The van der Waals surface area contributed by atoms with Gasteiger partial charge in [-0.05, 0) is 13.3 Å². The maximum Gasteiger partial charge on any atom is 0.240 e. The number of carbonyl (C=O) groups excluding carboxylic acids is 1. The summed E-state index contributed by atoms with van der Waals surface area (Å²) in [6.45, 7) is 2.30. The Morgan fingerprint density at radius 2 is 2.56 bits per heavy atom. The van der Waals surface area contributed by atoms with Crippen LogP contribution in [0, 0.1) is 16.7 Å². The molecule has 9 heavy (non-hydrogen) atoms. The van der Waals surface area contributed by atoms with Gasteiger partial charge in [-0.3, -0.25) is 4.79 Å². The molecule has 1 fully saturated rings. The molecule has 1 aliphatic rings. The van der Waals surface area contributed by atoms with E-state index < -0.39 is 5.41 Å². The van der Waals surface area contributed by atoms with Crippen molar-refractivity contribution in [3.05, 3.63) is 0 Å². The number of hydrogen-bond acceptors (Lipinski definition) is 2. The second kappa shape index (κ2) is 1.73. The molecule has 0 bridgehead atoms. The van der Waals surface area contributed by atoms with Gasteiger partial charge in [0.25, 0.3) is 0 Å². The number of nitriles is 1. The molecule has 1 N–H and O–H groups in total. The zero-order valence-electron chi connectivity index (χ0n) is 5.27. The Hall–Kier alpha value is -1.04. The van der Waals surface area contributed by atoms with Gasteiger partial charge in [0.2, 0.25) is 5.91 Å². The van der Waals surface area contributed by atoms with Crippen LogP contribution >= 0.6 is 0 Å². The molecular formula is C6H8N2O. The van der Waals surface area contributed by atoms with E-state index in [1.165, 1.54) is 0 Å². The zero-order chi connectivity index (χ0) is 6.91. The van der Waals surface area contributed by atoms with Gasteiger partial charge in [-0.1, -0.05) is 0 Å². The summed E-state index contributed by atoms with van der Waals surface area (Å²) in [6, 6.07) is 1.98. The number of rotatable bonds is 0. The Morgan fingerprint density at radius 1 is 1.89 bits per heavy atom. The molecule has 1 atom stereocenters. The van der Waals surface area contributed by atoms with Gasteiger partial charge in [0, 0.05) is 6.54 Å². The van der Waals surface area contributed by atoms with E-state index in [1.54, 1.807) is 6.92 Å². The molecule has 0 radical (unpaired) electrons. The van der Waals surface area contributed by atoms with Crippen molar-refractivity contribution < 1.29 is 4.79 Å². The topological polar surface area (TPSA) is 52.9 Å². The molecular weight excluding hydrogens is 116 g/mol. The van der Waals surface area contributed by atoms with E-state index in [2.05, 4.69) is 5.32 Å². The molecule has 0 aliphatic carbocycles. The fourth-order valence-corrected chi connectivity index (χ4v) is 0.841. The van der Waals surface area contributed by atoms with Crippen LogP contribution in [0.4, 0.5) is 0 Å². The normalized spacial score (nSPS) is 33.6. The smallest absolute Gasteiger partial charge is 0.240 e. The maximum absolute atomic E-state index is 10.8. The van der Waals surface area contributed by atoms with Crippen LogP contribution in [0.25, 0.3) is 0 Å². The largest absolute Gasteiger partial charge is 0.355 e. The highest BCUT2D eigenvalue weighted by atomic mass is 16.2. The minimum absolute atomic E-state index is 0.134. The number of amides is 1. The van der Waals surface area contributed by atoms with Crippen LogP contribution in [0.3, 0.4) is 0 Å². The Morgan fingerprint density at radius 3 is 2.78 bits per heavy atom. The van der Waals surface area contributed by atoms with Gasteiger partial charge in [0.05, 0.1) is 6.07 Å². The summed E-state index contributed by atoms with van der Waals surface area (Å²) in [7, 11) is 0. The highest BCUT2D eigenvalue weighted by molar-refractivity contribution is 5.86. The third-order valence-electron chi connectivity index (χ3n) is 1.66. The van der Waals surface area contributed by atoms with Gasteiger partial charge < -0.3 is 5.32 Å². The van der Waals surface area contributed by atoms with E-state index in [0.29, 0.717) is 13.0 Å². The second-order valence-corrected chi connectivity index (χ2v) is 2.45. The van der Waals surface area contributed by atoms with E-state index in [0.717, 1.165) is 0 Å². The van der Waals surface area contributed by atoms with Crippen molar-refractivity contribution >= 4 is 5.91 Å². The van der Waals surface area contributed by atoms with Gasteiger partial charge in [-0.25, -0.2) is 0 Å². The van der Waals surface area contributed by atoms with Crippen LogP contribution in [-0.2, 0) is 4.79 Å². The van der Waals surface area contributed by atoms with E-state index >= 15 is 0 Å². The molecule has 1 heterocycles. The van der Waals surface area contributed by atoms with Crippen LogP contribution in [0.15, 0.2) is 0 Å². The summed E-state index contributed by atoms with van der Waals surface area (Å²) < 4.78 is 0. The summed E-state index contributed by atoms with van der Waals surface area (Å²) in [5, 5.41) is 11.1. The third-order valence-corrected chi connectivity index (χ3v) is 1.66. The van der Waals surface area contributed by atoms with Crippen molar-refractivity contribution in [2.75, 3.05) is 6.54 Å². The fourth-order valence-electron chi connectivity index (χ4n) is 0.841. The van der Waals surface area contributed by atoms with Crippen LogP contribution in [0.5, 0.6) is 0 Å². The minimum Gasteiger partial charge on any atom is -0.355 e. The number of carbonyl (C=O) groups is 1. The first-order valence-corrected chi connectivity index (χ1v) is 2.88. The molecule has 0 unspecified atom stereocenters. The predicted molar refractivity (Wildman–Crippen MR) is 31.3 cm³/mol. The number of hydrogen-bond donors (Lipinski definition) is 1. The summed E-state index contributed by atoms with van der Waals surface area (Å²) >= 11 is 0. The minimum atomic E-state index is -0.750. The average molecular weight is 124 g/mol. The number of nitrogens with zero attached hydrogens (tertiary/aromatic N) is 1. The Bertz CT molecular complexity index is 182. The zero-order valence-corrected chi connectivity index (χ0v) is 5.27. The molecule has 0 aromatic rings. The first-order valence-electron chi connectivity index (χ1n) is 2.88. The lowest BCUT2D eigenvalue weighted by Gasteiger charge is -2.06. The SMILES string of the molecule is C[C@]1(C#N)CCNC1=O. The molecule has 3 nitrogen and oxygen atoms in total. The highest BCUT2D eigenvalue weighted by Gasteiger charge is 2.37. The Labute approximate surface area is 53.7 Å². The van der Waals surface area contributed by atoms with Crippen molar-refractivity contribution in [1.29, 1.82) is 5.26 Å². The lowest BCUT2D eigenvalue weighted by atomic mass is 9.91. The summed E-state index contributed by atoms with van der Waals surface area (Å²) in [4.78, 5) is 10.8. The van der Waals surface area contributed by atoms with Crippen molar-refractivity contribution in [3.8, 4) is 6.07 Å². The number of nitrogens with one attached hydrogen (secondary N) is 1. The Balaban J connectivity index is 2.82. The van der Waals surface area contributed by atoms with Crippen molar-refractivity contribution in [3.63, 3.8) is 0 Å². The highest BCUT2D eigenvalue weighted by Crippen LogP contribution is 2.23. The van der Waals surface area contributed by atoms with Crippen molar-refractivity contribution in [1.82, 2.24) is 5.32 Å². The standard InChI is InChI=1S/C6H8N2O/c1-6(4-7)2-3-8-5(6)9/h2-3H2,1H3,(H,8,9)/t6-/m1/s1. The summed E-state index contributed by atoms with van der Waals surface area (Å²) in [5.41, 5.74) is -0.750. The predicted octanol–water partition coefficient (Wildman–Crippen LogP) is 0.0362. The summed E-state index contributed by atoms with van der Waals surface area (Å²) in [5.74, 6) is -0.134. The van der Waals surface area contributed by atoms with Gasteiger partial charge in [0.1, 0.15) is 5.41 Å². The monoisotopic (exact) mass is 124 g/mol. The van der Waals surface area contributed by atoms with Crippen molar-refractivity contribution in [2.45, 2.75) is 13.3 Å². The van der Waals surface area contributed by atoms with Gasteiger partial charge >= 0.3 is 0 Å². The first-order chi connectivity index (χ1) is 4.19.